The van der Waals surface area contributed by atoms with Crippen molar-refractivity contribution in [1.82, 2.24) is 0 Å². The molecule has 0 heterocycles. The minimum Gasteiger partial charge on any atom is -0.497 e. The van der Waals surface area contributed by atoms with Crippen LogP contribution in [-0.4, -0.2) is 41.3 Å². The second-order valence-corrected chi connectivity index (χ2v) is 9.25. The number of halogens is 1. The molecule has 0 spiro atoms. The van der Waals surface area contributed by atoms with Crippen LogP contribution in [0.4, 0.5) is 11.4 Å². The zero-order valence-corrected chi connectivity index (χ0v) is 19.8. The Morgan fingerprint density at radius 1 is 0.939 bits per heavy atom. The Balaban J connectivity index is 1.84. The standard InChI is InChI=1S/C23H23ClN2O6S/c1-30-18-11-9-17(10-12-18)26(33(3,28)29)15-23(27)25-19-14-16(24)8-13-20(19)32-22-7-5-4-6-21(22)31-2/h4-14H,15H2,1-3H3,(H,25,27). The van der Waals surface area contributed by atoms with Crippen LogP contribution in [0.5, 0.6) is 23.0 Å². The van der Waals surface area contributed by atoms with E-state index in [1.165, 1.54) is 20.3 Å². The van der Waals surface area contributed by atoms with Crippen molar-refractivity contribution < 1.29 is 27.4 Å². The smallest absolute Gasteiger partial charge is 0.245 e. The van der Waals surface area contributed by atoms with E-state index in [1.807, 2.05) is 0 Å². The van der Waals surface area contributed by atoms with E-state index in [9.17, 15) is 13.2 Å². The Labute approximate surface area is 197 Å². The number of nitrogens with one attached hydrogen (secondary N) is 1. The molecule has 0 aliphatic heterocycles. The summed E-state index contributed by atoms with van der Waals surface area (Å²) in [5, 5.41) is 3.05. The zero-order chi connectivity index (χ0) is 24.0. The molecule has 0 aliphatic rings. The third-order valence-corrected chi connectivity index (χ3v) is 5.93. The molecule has 8 nitrogen and oxygen atoms in total. The maximum absolute atomic E-state index is 12.8. The molecule has 33 heavy (non-hydrogen) atoms. The number of sulfonamides is 1. The summed E-state index contributed by atoms with van der Waals surface area (Å²) in [4.78, 5) is 12.8. The maximum Gasteiger partial charge on any atom is 0.245 e. The molecule has 1 amide bonds. The van der Waals surface area contributed by atoms with E-state index in [1.54, 1.807) is 60.7 Å². The van der Waals surface area contributed by atoms with Gasteiger partial charge >= 0.3 is 0 Å². The topological polar surface area (TPSA) is 94.2 Å². The van der Waals surface area contributed by atoms with Crippen molar-refractivity contribution in [2.75, 3.05) is 36.6 Å². The highest BCUT2D eigenvalue weighted by Gasteiger charge is 2.22. The van der Waals surface area contributed by atoms with Crippen LogP contribution in [0.1, 0.15) is 0 Å². The first-order chi connectivity index (χ1) is 15.7. The highest BCUT2D eigenvalue weighted by molar-refractivity contribution is 7.92. The minimum atomic E-state index is -3.74. The molecule has 3 rings (SSSR count). The molecular weight excluding hydrogens is 468 g/mol. The monoisotopic (exact) mass is 490 g/mol. The van der Waals surface area contributed by atoms with Crippen LogP contribution in [0, 0.1) is 0 Å². The van der Waals surface area contributed by atoms with E-state index in [0.29, 0.717) is 33.7 Å². The van der Waals surface area contributed by atoms with E-state index in [4.69, 9.17) is 25.8 Å². The normalized spacial score (nSPS) is 10.9. The van der Waals surface area contributed by atoms with Crippen molar-refractivity contribution in [2.24, 2.45) is 0 Å². The predicted molar refractivity (Wildman–Crippen MR) is 128 cm³/mol. The predicted octanol–water partition coefficient (Wildman–Crippen LogP) is 4.55. The first-order valence-electron chi connectivity index (χ1n) is 9.73. The second-order valence-electron chi connectivity index (χ2n) is 6.91. The first-order valence-corrected chi connectivity index (χ1v) is 12.0. The minimum absolute atomic E-state index is 0.279. The summed E-state index contributed by atoms with van der Waals surface area (Å²) >= 11 is 6.11. The molecule has 3 aromatic carbocycles. The van der Waals surface area contributed by atoms with Gasteiger partial charge < -0.3 is 19.5 Å². The highest BCUT2D eigenvalue weighted by atomic mass is 35.5. The van der Waals surface area contributed by atoms with Gasteiger partial charge in [-0.25, -0.2) is 8.42 Å². The van der Waals surface area contributed by atoms with Crippen molar-refractivity contribution in [3.63, 3.8) is 0 Å². The molecule has 0 fully saturated rings. The van der Waals surface area contributed by atoms with Crippen LogP contribution < -0.4 is 23.8 Å². The third kappa shape index (κ3) is 6.30. The van der Waals surface area contributed by atoms with Gasteiger partial charge in [-0.2, -0.15) is 0 Å². The van der Waals surface area contributed by atoms with E-state index < -0.39 is 22.5 Å². The molecule has 0 aromatic heterocycles. The number of carbonyl (C=O) groups excluding carboxylic acids is 1. The molecule has 0 atom stereocenters. The lowest BCUT2D eigenvalue weighted by Gasteiger charge is -2.22. The summed E-state index contributed by atoms with van der Waals surface area (Å²) in [6.45, 7) is -0.453. The Morgan fingerprint density at radius 3 is 2.21 bits per heavy atom. The number of para-hydroxylation sites is 2. The summed E-state index contributed by atoms with van der Waals surface area (Å²) in [7, 11) is -0.717. The summed E-state index contributed by atoms with van der Waals surface area (Å²) in [5.74, 6) is 1.24. The lowest BCUT2D eigenvalue weighted by molar-refractivity contribution is -0.114. The van der Waals surface area contributed by atoms with Crippen LogP contribution in [0.3, 0.4) is 0 Å². The van der Waals surface area contributed by atoms with Gasteiger partial charge in [0.2, 0.25) is 15.9 Å². The van der Waals surface area contributed by atoms with Gasteiger partial charge in [0.15, 0.2) is 17.2 Å². The molecule has 0 saturated heterocycles. The molecule has 1 N–H and O–H groups in total. The van der Waals surface area contributed by atoms with Crippen molar-refractivity contribution in [3.8, 4) is 23.0 Å². The molecule has 174 valence electrons. The fourth-order valence-electron chi connectivity index (χ4n) is 2.98. The van der Waals surface area contributed by atoms with Gasteiger partial charge in [-0.15, -0.1) is 0 Å². The number of amides is 1. The number of methoxy groups -OCH3 is 2. The summed E-state index contributed by atoms with van der Waals surface area (Å²) in [5.41, 5.74) is 0.603. The van der Waals surface area contributed by atoms with Crippen molar-refractivity contribution in [2.45, 2.75) is 0 Å². The highest BCUT2D eigenvalue weighted by Crippen LogP contribution is 2.36. The summed E-state index contributed by atoms with van der Waals surface area (Å²) < 4.78 is 42.0. The van der Waals surface area contributed by atoms with Gasteiger partial charge in [-0.05, 0) is 54.6 Å². The molecule has 0 saturated carbocycles. The molecule has 0 radical (unpaired) electrons. The van der Waals surface area contributed by atoms with Gasteiger partial charge in [0.25, 0.3) is 0 Å². The molecule has 0 bridgehead atoms. The van der Waals surface area contributed by atoms with E-state index in [0.717, 1.165) is 10.6 Å². The van der Waals surface area contributed by atoms with Gasteiger partial charge in [0, 0.05) is 5.02 Å². The SMILES string of the molecule is COc1ccc(N(CC(=O)Nc2cc(Cl)ccc2Oc2ccccc2OC)S(C)(=O)=O)cc1. The largest absolute Gasteiger partial charge is 0.497 e. The maximum atomic E-state index is 12.8. The summed E-state index contributed by atoms with van der Waals surface area (Å²) in [6.07, 6.45) is 1.03. The van der Waals surface area contributed by atoms with E-state index in [-0.39, 0.29) is 5.69 Å². The lowest BCUT2D eigenvalue weighted by Crippen LogP contribution is -2.37. The Morgan fingerprint density at radius 2 is 1.61 bits per heavy atom. The number of anilines is 2. The fourth-order valence-corrected chi connectivity index (χ4v) is 4.01. The number of rotatable bonds is 9. The van der Waals surface area contributed by atoms with Crippen LogP contribution in [0.15, 0.2) is 66.7 Å². The number of hydrogen-bond donors (Lipinski definition) is 1. The van der Waals surface area contributed by atoms with Crippen LogP contribution >= 0.6 is 11.6 Å². The number of nitrogens with zero attached hydrogens (tertiary/aromatic N) is 1. The lowest BCUT2D eigenvalue weighted by atomic mass is 10.2. The third-order valence-electron chi connectivity index (χ3n) is 4.55. The van der Waals surface area contributed by atoms with Gasteiger partial charge in [0.1, 0.15) is 12.3 Å². The molecule has 10 heteroatoms. The molecule has 0 aliphatic carbocycles. The van der Waals surface area contributed by atoms with Crippen LogP contribution in [0.2, 0.25) is 5.02 Å². The number of ether oxygens (including phenoxy) is 3. The van der Waals surface area contributed by atoms with Crippen LogP contribution in [0.25, 0.3) is 0 Å². The Hall–Kier alpha value is -3.43. The molecular formula is C23H23ClN2O6S. The number of carbonyl (C=O) groups is 1. The van der Waals surface area contributed by atoms with E-state index in [2.05, 4.69) is 5.32 Å². The van der Waals surface area contributed by atoms with Gasteiger partial charge in [-0.1, -0.05) is 23.7 Å². The van der Waals surface area contributed by atoms with Crippen molar-refractivity contribution >= 4 is 38.9 Å². The number of benzene rings is 3. The Kier molecular flexibility index (Phi) is 7.67. The van der Waals surface area contributed by atoms with Gasteiger partial charge in [-0.3, -0.25) is 9.10 Å². The first kappa shape index (κ1) is 24.2. The molecule has 3 aromatic rings. The van der Waals surface area contributed by atoms with Crippen LogP contribution in [-0.2, 0) is 14.8 Å². The second kappa shape index (κ2) is 10.5. The van der Waals surface area contributed by atoms with E-state index >= 15 is 0 Å². The van der Waals surface area contributed by atoms with Crippen molar-refractivity contribution in [3.05, 3.63) is 71.8 Å². The average molecular weight is 491 g/mol. The average Bonchev–Trinajstić information content (AvgIpc) is 2.79. The van der Waals surface area contributed by atoms with Gasteiger partial charge in [0.05, 0.1) is 31.9 Å². The zero-order valence-electron chi connectivity index (χ0n) is 18.2. The quantitative estimate of drug-likeness (QED) is 0.472. The number of hydrogen-bond acceptors (Lipinski definition) is 6. The molecule has 0 unspecified atom stereocenters. The summed E-state index contributed by atoms with van der Waals surface area (Å²) in [6, 6.07) is 18.1. The Bertz CT molecular complexity index is 1230. The fraction of sp³-hybridized carbons (Fsp3) is 0.174. The van der Waals surface area contributed by atoms with Crippen molar-refractivity contribution in [1.29, 1.82) is 0 Å².